The van der Waals surface area contributed by atoms with Gasteiger partial charge in [-0.15, -0.1) is 0 Å². The van der Waals surface area contributed by atoms with Crippen LogP contribution >= 0.6 is 0 Å². The van der Waals surface area contributed by atoms with Gasteiger partial charge in [0.25, 0.3) is 0 Å². The SMILES string of the molecule is CC1(C)CC[C@]2(C(N)=O)CC[C@]3(C)[C@H](C(=O)CC4[C@@]5(C)C=C(C#N)C(=O)C(C)(C)[C@@H]5CC[C@]43C)[C@@H]2C1. The second-order valence-corrected chi connectivity index (χ2v) is 15.2. The maximum Gasteiger partial charge on any atom is 0.223 e. The lowest BCUT2D eigenvalue weighted by Crippen LogP contribution is -2.69. The smallest absolute Gasteiger partial charge is 0.223 e. The Morgan fingerprint density at radius 3 is 2.19 bits per heavy atom. The van der Waals surface area contributed by atoms with Crippen molar-refractivity contribution in [3.05, 3.63) is 11.6 Å². The number of nitrogens with zero attached hydrogens (tertiary/aromatic N) is 1. The first-order chi connectivity index (χ1) is 16.5. The summed E-state index contributed by atoms with van der Waals surface area (Å²) in [7, 11) is 0. The van der Waals surface area contributed by atoms with Gasteiger partial charge in [0.2, 0.25) is 5.91 Å². The fourth-order valence-corrected chi connectivity index (χ4v) is 10.7. The van der Waals surface area contributed by atoms with Crippen LogP contribution in [-0.4, -0.2) is 17.5 Å². The van der Waals surface area contributed by atoms with Gasteiger partial charge in [-0.25, -0.2) is 0 Å². The van der Waals surface area contributed by atoms with E-state index in [0.29, 0.717) is 6.42 Å². The molecule has 0 spiro atoms. The van der Waals surface area contributed by atoms with Crippen LogP contribution in [0.15, 0.2) is 11.6 Å². The normalized spacial score (nSPS) is 48.9. The summed E-state index contributed by atoms with van der Waals surface area (Å²) in [4.78, 5) is 40.6. The maximum atomic E-state index is 14.4. The molecule has 5 nitrogen and oxygen atoms in total. The molecule has 0 bridgehead atoms. The standard InChI is InChI=1S/C31H44N2O3/c1-26(2)10-12-31(25(33)36)13-11-30(7)23(19(31)16-26)20(34)14-22-28(5)15-18(17-32)24(35)27(3,4)21(28)8-9-29(22,30)6/h15,19,21-23H,8-14,16H2,1-7H3,(H2,33,36)/t19-,21-,22?,23-,28-,29+,30+,31-/m0/s1. The van der Waals surface area contributed by atoms with Gasteiger partial charge < -0.3 is 5.73 Å². The quantitative estimate of drug-likeness (QED) is 0.502. The lowest BCUT2D eigenvalue weighted by atomic mass is 9.31. The van der Waals surface area contributed by atoms with Gasteiger partial charge in [-0.1, -0.05) is 54.5 Å². The first kappa shape index (κ1) is 25.7. The zero-order chi connectivity index (χ0) is 26.7. The van der Waals surface area contributed by atoms with E-state index in [-0.39, 0.29) is 63.0 Å². The molecular weight excluding hydrogens is 448 g/mol. The summed E-state index contributed by atoms with van der Waals surface area (Å²) in [6.45, 7) is 15.4. The first-order valence-electron chi connectivity index (χ1n) is 14.0. The van der Waals surface area contributed by atoms with Crippen LogP contribution in [0.3, 0.4) is 0 Å². The molecule has 0 aromatic heterocycles. The van der Waals surface area contributed by atoms with E-state index in [2.05, 4.69) is 40.7 Å². The van der Waals surface area contributed by atoms with E-state index in [1.165, 1.54) is 0 Å². The number of fused-ring (bicyclic) bond motifs is 7. The van der Waals surface area contributed by atoms with Gasteiger partial charge in [-0.2, -0.15) is 5.26 Å². The Balaban J connectivity index is 1.65. The summed E-state index contributed by atoms with van der Waals surface area (Å²) in [5, 5.41) is 9.86. The lowest BCUT2D eigenvalue weighted by Gasteiger charge is -2.71. The van der Waals surface area contributed by atoms with E-state index in [4.69, 9.17) is 5.73 Å². The second-order valence-electron chi connectivity index (χ2n) is 15.2. The summed E-state index contributed by atoms with van der Waals surface area (Å²) in [5.41, 5.74) is 4.50. The molecule has 1 amide bonds. The van der Waals surface area contributed by atoms with E-state index in [9.17, 15) is 19.6 Å². The van der Waals surface area contributed by atoms with Crippen molar-refractivity contribution in [1.82, 2.24) is 0 Å². The van der Waals surface area contributed by atoms with Gasteiger partial charge in [0.1, 0.15) is 11.9 Å². The molecule has 8 atom stereocenters. The molecule has 0 aromatic carbocycles. The van der Waals surface area contributed by atoms with E-state index >= 15 is 0 Å². The molecule has 4 saturated carbocycles. The van der Waals surface area contributed by atoms with Crippen LogP contribution in [0.2, 0.25) is 0 Å². The van der Waals surface area contributed by atoms with Crippen molar-refractivity contribution < 1.29 is 14.4 Å². The number of amides is 1. The minimum absolute atomic E-state index is 0.0112. The van der Waals surface area contributed by atoms with Crippen molar-refractivity contribution in [3.63, 3.8) is 0 Å². The molecule has 5 aliphatic carbocycles. The highest BCUT2D eigenvalue weighted by molar-refractivity contribution is 6.04. The van der Waals surface area contributed by atoms with Gasteiger partial charge in [0.05, 0.1) is 11.0 Å². The predicted molar refractivity (Wildman–Crippen MR) is 138 cm³/mol. The number of nitriles is 1. The van der Waals surface area contributed by atoms with Gasteiger partial charge in [0.15, 0.2) is 5.78 Å². The third-order valence-electron chi connectivity index (χ3n) is 13.0. The molecule has 4 fully saturated rings. The number of nitrogens with two attached hydrogens (primary N) is 1. The minimum atomic E-state index is -0.627. The van der Waals surface area contributed by atoms with Crippen molar-refractivity contribution >= 4 is 17.5 Å². The Kier molecular flexibility index (Phi) is 5.23. The van der Waals surface area contributed by atoms with Gasteiger partial charge in [-0.05, 0) is 84.4 Å². The highest BCUT2D eigenvalue weighted by atomic mass is 16.1. The highest BCUT2D eigenvalue weighted by Gasteiger charge is 2.72. The second kappa shape index (κ2) is 7.33. The van der Waals surface area contributed by atoms with Crippen molar-refractivity contribution in [2.75, 3.05) is 0 Å². The summed E-state index contributed by atoms with van der Waals surface area (Å²) in [6, 6.07) is 2.19. The Morgan fingerprint density at radius 2 is 1.58 bits per heavy atom. The molecule has 2 N–H and O–H groups in total. The molecule has 0 aromatic rings. The van der Waals surface area contributed by atoms with E-state index in [1.54, 1.807) is 0 Å². The molecule has 0 heterocycles. The molecule has 0 radical (unpaired) electrons. The van der Waals surface area contributed by atoms with Crippen LogP contribution in [0.1, 0.15) is 99.8 Å². The summed E-state index contributed by atoms with van der Waals surface area (Å²) in [6.07, 6.45) is 8.47. The van der Waals surface area contributed by atoms with Crippen LogP contribution in [0.4, 0.5) is 0 Å². The summed E-state index contributed by atoms with van der Waals surface area (Å²) in [5.74, 6) is -0.0178. The average molecular weight is 493 g/mol. The molecule has 5 heteroatoms. The molecule has 1 unspecified atom stereocenters. The molecule has 196 valence electrons. The number of hydrogen-bond acceptors (Lipinski definition) is 4. The van der Waals surface area contributed by atoms with Crippen molar-refractivity contribution in [2.45, 2.75) is 99.8 Å². The number of carbonyl (C=O) groups excluding carboxylic acids is 3. The van der Waals surface area contributed by atoms with E-state index < -0.39 is 16.2 Å². The molecular formula is C31H44N2O3. The predicted octanol–water partition coefficient (Wildman–Crippen LogP) is 5.77. The monoisotopic (exact) mass is 492 g/mol. The zero-order valence-corrected chi connectivity index (χ0v) is 23.3. The van der Waals surface area contributed by atoms with Crippen LogP contribution in [0.5, 0.6) is 0 Å². The van der Waals surface area contributed by atoms with Gasteiger partial charge in [0, 0.05) is 17.8 Å². The molecule has 36 heavy (non-hydrogen) atoms. The first-order valence-corrected chi connectivity index (χ1v) is 14.0. The molecule has 5 aliphatic rings. The Morgan fingerprint density at radius 1 is 0.944 bits per heavy atom. The van der Waals surface area contributed by atoms with Crippen LogP contribution < -0.4 is 5.73 Å². The van der Waals surface area contributed by atoms with Gasteiger partial charge in [-0.3, -0.25) is 14.4 Å². The molecule has 0 aliphatic heterocycles. The van der Waals surface area contributed by atoms with Crippen molar-refractivity contribution in [1.29, 1.82) is 5.26 Å². The summed E-state index contributed by atoms with van der Waals surface area (Å²) >= 11 is 0. The Labute approximate surface area is 216 Å². The number of carbonyl (C=O) groups is 3. The van der Waals surface area contributed by atoms with E-state index in [1.807, 2.05) is 19.9 Å². The van der Waals surface area contributed by atoms with Crippen LogP contribution in [-0.2, 0) is 14.4 Å². The number of rotatable bonds is 1. The third-order valence-corrected chi connectivity index (χ3v) is 13.0. The third kappa shape index (κ3) is 2.91. The highest BCUT2D eigenvalue weighted by Crippen LogP contribution is 2.75. The average Bonchev–Trinajstić information content (AvgIpc) is 2.77. The number of Topliss-reactive ketones (excluding diaryl/α,β-unsaturated/α-hetero) is 2. The maximum absolute atomic E-state index is 14.4. The zero-order valence-electron chi connectivity index (χ0n) is 23.3. The fourth-order valence-electron chi connectivity index (χ4n) is 10.7. The number of ketones is 2. The van der Waals surface area contributed by atoms with Crippen molar-refractivity contribution in [2.24, 2.45) is 61.9 Å². The number of primary amides is 1. The number of hydrogen-bond donors (Lipinski definition) is 1. The summed E-state index contributed by atoms with van der Waals surface area (Å²) < 4.78 is 0. The number of allylic oxidation sites excluding steroid dienone is 2. The van der Waals surface area contributed by atoms with E-state index in [0.717, 1.165) is 44.9 Å². The fraction of sp³-hybridized carbons (Fsp3) is 0.806. The van der Waals surface area contributed by atoms with Crippen LogP contribution in [0, 0.1) is 67.5 Å². The van der Waals surface area contributed by atoms with Crippen LogP contribution in [0.25, 0.3) is 0 Å². The topological polar surface area (TPSA) is 101 Å². The molecule has 5 rings (SSSR count). The Bertz CT molecular complexity index is 1130. The van der Waals surface area contributed by atoms with Crippen molar-refractivity contribution in [3.8, 4) is 6.07 Å². The Hall–Kier alpha value is -1.96. The minimum Gasteiger partial charge on any atom is -0.369 e. The van der Waals surface area contributed by atoms with Gasteiger partial charge >= 0.3 is 0 Å². The lowest BCUT2D eigenvalue weighted by molar-refractivity contribution is -0.221. The molecule has 0 saturated heterocycles. The largest absolute Gasteiger partial charge is 0.369 e.